The van der Waals surface area contributed by atoms with E-state index in [1.165, 1.54) is 29.7 Å². The maximum Gasteiger partial charge on any atom is 0.123 e. The summed E-state index contributed by atoms with van der Waals surface area (Å²) in [6, 6.07) is 15.1. The monoisotopic (exact) mass is 241 g/mol. The van der Waals surface area contributed by atoms with Crippen LogP contribution in [0.2, 0.25) is 0 Å². The first-order valence-corrected chi connectivity index (χ1v) is 6.34. The van der Waals surface area contributed by atoms with Crippen LogP contribution in [0.1, 0.15) is 17.9 Å². The molecule has 0 saturated heterocycles. The Labute approximate surface area is 106 Å². The highest BCUT2D eigenvalue weighted by Gasteiger charge is 2.38. The lowest BCUT2D eigenvalue weighted by molar-refractivity contribution is 0.628. The molecule has 0 aromatic heterocycles. The molecule has 0 spiro atoms. The second-order valence-electron chi connectivity index (χ2n) is 4.93. The molecular weight excluding hydrogens is 225 g/mol. The number of nitrogens with two attached hydrogens (primary N) is 1. The van der Waals surface area contributed by atoms with E-state index >= 15 is 0 Å². The number of hydrogen-bond donors (Lipinski definition) is 1. The fraction of sp³-hybridized carbons (Fsp3) is 0.250. The first kappa shape index (κ1) is 11.4. The van der Waals surface area contributed by atoms with Crippen LogP contribution in [0.4, 0.5) is 4.39 Å². The van der Waals surface area contributed by atoms with E-state index in [1.807, 2.05) is 18.2 Å². The minimum atomic E-state index is -0.192. The molecule has 0 aliphatic heterocycles. The molecule has 0 amide bonds. The van der Waals surface area contributed by atoms with Crippen molar-refractivity contribution in [2.45, 2.75) is 12.3 Å². The molecule has 2 heteroatoms. The Bertz CT molecular complexity index is 547. The molecule has 1 aliphatic rings. The molecule has 2 aromatic rings. The third kappa shape index (κ3) is 2.04. The average molecular weight is 241 g/mol. The molecule has 0 heterocycles. The third-order valence-corrected chi connectivity index (χ3v) is 3.74. The molecule has 0 bridgehead atoms. The van der Waals surface area contributed by atoms with Crippen molar-refractivity contribution in [3.63, 3.8) is 0 Å². The Kier molecular flexibility index (Phi) is 2.88. The lowest BCUT2D eigenvalue weighted by atomic mass is 9.96. The van der Waals surface area contributed by atoms with E-state index < -0.39 is 0 Å². The Balaban J connectivity index is 1.99. The van der Waals surface area contributed by atoms with Crippen molar-refractivity contribution in [3.8, 4) is 11.1 Å². The van der Waals surface area contributed by atoms with E-state index in [0.29, 0.717) is 11.8 Å². The first-order chi connectivity index (χ1) is 8.79. The zero-order valence-electron chi connectivity index (χ0n) is 10.1. The van der Waals surface area contributed by atoms with Crippen LogP contribution in [0.15, 0.2) is 48.5 Å². The highest BCUT2D eigenvalue weighted by atomic mass is 19.1. The van der Waals surface area contributed by atoms with Crippen molar-refractivity contribution in [2.24, 2.45) is 11.7 Å². The molecule has 2 atom stereocenters. The number of hydrogen-bond acceptors (Lipinski definition) is 1. The van der Waals surface area contributed by atoms with Crippen LogP contribution in [0, 0.1) is 11.7 Å². The first-order valence-electron chi connectivity index (χ1n) is 6.34. The zero-order valence-corrected chi connectivity index (χ0v) is 10.1. The van der Waals surface area contributed by atoms with E-state index in [4.69, 9.17) is 5.73 Å². The van der Waals surface area contributed by atoms with Gasteiger partial charge in [-0.2, -0.15) is 0 Å². The summed E-state index contributed by atoms with van der Waals surface area (Å²) in [7, 11) is 0. The number of rotatable bonds is 3. The quantitative estimate of drug-likeness (QED) is 0.873. The van der Waals surface area contributed by atoms with Crippen LogP contribution >= 0.6 is 0 Å². The molecule has 1 fully saturated rings. The van der Waals surface area contributed by atoms with Gasteiger partial charge in [0.1, 0.15) is 5.82 Å². The fourth-order valence-corrected chi connectivity index (χ4v) is 2.60. The van der Waals surface area contributed by atoms with Gasteiger partial charge in [0.2, 0.25) is 0 Å². The maximum atomic E-state index is 13.0. The van der Waals surface area contributed by atoms with Crippen LogP contribution < -0.4 is 5.73 Å². The highest BCUT2D eigenvalue weighted by molar-refractivity contribution is 5.68. The third-order valence-electron chi connectivity index (χ3n) is 3.74. The van der Waals surface area contributed by atoms with Crippen LogP contribution in [0.25, 0.3) is 11.1 Å². The van der Waals surface area contributed by atoms with E-state index in [2.05, 4.69) is 18.2 Å². The van der Waals surface area contributed by atoms with Crippen molar-refractivity contribution >= 4 is 0 Å². The zero-order chi connectivity index (χ0) is 12.5. The van der Waals surface area contributed by atoms with Crippen molar-refractivity contribution in [1.29, 1.82) is 0 Å². The summed E-state index contributed by atoms with van der Waals surface area (Å²) >= 11 is 0. The predicted molar refractivity (Wildman–Crippen MR) is 71.7 cm³/mol. The van der Waals surface area contributed by atoms with Gasteiger partial charge in [-0.1, -0.05) is 36.4 Å². The largest absolute Gasteiger partial charge is 0.330 e. The van der Waals surface area contributed by atoms with Gasteiger partial charge >= 0.3 is 0 Å². The summed E-state index contributed by atoms with van der Waals surface area (Å²) < 4.78 is 13.0. The molecule has 92 valence electrons. The second kappa shape index (κ2) is 4.54. The van der Waals surface area contributed by atoms with Gasteiger partial charge in [-0.15, -0.1) is 0 Å². The molecule has 1 nitrogen and oxygen atoms in total. The Morgan fingerprint density at radius 3 is 2.44 bits per heavy atom. The minimum Gasteiger partial charge on any atom is -0.330 e. The van der Waals surface area contributed by atoms with E-state index in [9.17, 15) is 4.39 Å². The van der Waals surface area contributed by atoms with Crippen LogP contribution in [-0.4, -0.2) is 6.54 Å². The number of halogens is 1. The van der Waals surface area contributed by atoms with Crippen molar-refractivity contribution < 1.29 is 4.39 Å². The lowest BCUT2D eigenvalue weighted by Crippen LogP contribution is -2.02. The van der Waals surface area contributed by atoms with Gasteiger partial charge in [0, 0.05) is 0 Å². The van der Waals surface area contributed by atoms with Crippen LogP contribution in [-0.2, 0) is 0 Å². The Hall–Kier alpha value is -1.67. The Morgan fingerprint density at radius 2 is 1.78 bits per heavy atom. The van der Waals surface area contributed by atoms with Gasteiger partial charge < -0.3 is 5.73 Å². The highest BCUT2D eigenvalue weighted by Crippen LogP contribution is 2.49. The molecule has 0 radical (unpaired) electrons. The van der Waals surface area contributed by atoms with Gasteiger partial charge in [0.05, 0.1) is 0 Å². The van der Waals surface area contributed by atoms with Gasteiger partial charge in [-0.25, -0.2) is 4.39 Å². The van der Waals surface area contributed by atoms with Gasteiger partial charge in [0.15, 0.2) is 0 Å². The normalized spacial score (nSPS) is 21.9. The topological polar surface area (TPSA) is 26.0 Å². The van der Waals surface area contributed by atoms with Gasteiger partial charge in [0.25, 0.3) is 0 Å². The van der Waals surface area contributed by atoms with Gasteiger partial charge in [-0.3, -0.25) is 0 Å². The molecule has 2 aromatic carbocycles. The van der Waals surface area contributed by atoms with Gasteiger partial charge in [-0.05, 0) is 53.6 Å². The predicted octanol–water partition coefficient (Wildman–Crippen LogP) is 3.55. The van der Waals surface area contributed by atoms with Crippen molar-refractivity contribution in [2.75, 3.05) is 6.54 Å². The summed E-state index contributed by atoms with van der Waals surface area (Å²) in [6.45, 7) is 0.752. The van der Waals surface area contributed by atoms with E-state index in [1.54, 1.807) is 0 Å². The second-order valence-corrected chi connectivity index (χ2v) is 4.93. The summed E-state index contributed by atoms with van der Waals surface area (Å²) in [4.78, 5) is 0. The van der Waals surface area contributed by atoms with Crippen molar-refractivity contribution in [1.82, 2.24) is 0 Å². The summed E-state index contributed by atoms with van der Waals surface area (Å²) in [5.74, 6) is 1.00. The minimum absolute atomic E-state index is 0.192. The molecule has 18 heavy (non-hydrogen) atoms. The summed E-state index contributed by atoms with van der Waals surface area (Å²) in [5, 5.41) is 0. The molecule has 1 aliphatic carbocycles. The molecule has 3 rings (SSSR count). The maximum absolute atomic E-state index is 13.0. The average Bonchev–Trinajstić information content (AvgIpc) is 3.19. The van der Waals surface area contributed by atoms with E-state index in [0.717, 1.165) is 12.1 Å². The van der Waals surface area contributed by atoms with Crippen molar-refractivity contribution in [3.05, 3.63) is 59.9 Å². The molecule has 1 saturated carbocycles. The smallest absolute Gasteiger partial charge is 0.123 e. The molecular formula is C16H16FN. The SMILES string of the molecule is NC[C@H]1C[C@@H]1c1ccccc1-c1ccc(F)cc1. The molecule has 0 unspecified atom stereocenters. The molecule has 2 N–H and O–H groups in total. The fourth-order valence-electron chi connectivity index (χ4n) is 2.60. The lowest BCUT2D eigenvalue weighted by Gasteiger charge is -2.09. The van der Waals surface area contributed by atoms with Crippen LogP contribution in [0.5, 0.6) is 0 Å². The summed E-state index contributed by atoms with van der Waals surface area (Å²) in [6.07, 6.45) is 1.18. The Morgan fingerprint density at radius 1 is 1.06 bits per heavy atom. The van der Waals surface area contributed by atoms with E-state index in [-0.39, 0.29) is 5.82 Å². The van der Waals surface area contributed by atoms with Crippen LogP contribution in [0.3, 0.4) is 0 Å². The summed E-state index contributed by atoms with van der Waals surface area (Å²) in [5.41, 5.74) is 9.35. The standard InChI is InChI=1S/C16H16FN/c17-13-7-5-11(6-8-13)14-3-1-2-4-15(14)16-9-12(16)10-18/h1-8,12,16H,9-10,18H2/t12-,16+/m1/s1. The number of benzene rings is 2.